The van der Waals surface area contributed by atoms with E-state index in [-0.39, 0.29) is 5.75 Å². The molecule has 158 valence electrons. The van der Waals surface area contributed by atoms with Crippen LogP contribution in [0.3, 0.4) is 0 Å². The summed E-state index contributed by atoms with van der Waals surface area (Å²) in [7, 11) is 0. The number of benzene rings is 1. The predicted molar refractivity (Wildman–Crippen MR) is 113 cm³/mol. The number of hydrogen-bond donors (Lipinski definition) is 2. The molecular formula is C21H26FN7O. The molecule has 0 bridgehead atoms. The molecule has 30 heavy (non-hydrogen) atoms. The highest BCUT2D eigenvalue weighted by Crippen LogP contribution is 2.24. The van der Waals surface area contributed by atoms with Gasteiger partial charge < -0.3 is 19.9 Å². The molecule has 0 amide bonds. The van der Waals surface area contributed by atoms with Crippen molar-refractivity contribution in [3.8, 4) is 11.5 Å². The number of nitrogens with one attached hydrogen (secondary N) is 2. The molecule has 2 N–H and O–H groups in total. The Morgan fingerprint density at radius 1 is 1.23 bits per heavy atom. The van der Waals surface area contributed by atoms with Crippen molar-refractivity contribution in [3.05, 3.63) is 66.3 Å². The SMILES string of the molecule is CCNC(=NCc1ccc(Oc2cccnc2)c(F)c1)NCCn1cnnc1CC. The van der Waals surface area contributed by atoms with Gasteiger partial charge in [-0.25, -0.2) is 9.38 Å². The van der Waals surface area contributed by atoms with E-state index < -0.39 is 5.82 Å². The molecule has 2 heterocycles. The Kier molecular flexibility index (Phi) is 7.71. The van der Waals surface area contributed by atoms with Crippen LogP contribution in [-0.2, 0) is 19.5 Å². The van der Waals surface area contributed by atoms with E-state index in [9.17, 15) is 4.39 Å². The number of aromatic nitrogens is 4. The molecule has 9 heteroatoms. The van der Waals surface area contributed by atoms with Gasteiger partial charge in [-0.15, -0.1) is 10.2 Å². The Balaban J connectivity index is 1.57. The number of pyridine rings is 1. The van der Waals surface area contributed by atoms with Gasteiger partial charge in [0.25, 0.3) is 0 Å². The lowest BCUT2D eigenvalue weighted by Gasteiger charge is -2.12. The summed E-state index contributed by atoms with van der Waals surface area (Å²) in [5, 5.41) is 14.5. The zero-order valence-electron chi connectivity index (χ0n) is 17.2. The monoisotopic (exact) mass is 411 g/mol. The molecule has 0 atom stereocenters. The van der Waals surface area contributed by atoms with Crippen LogP contribution in [0.4, 0.5) is 4.39 Å². The number of aryl methyl sites for hydroxylation is 1. The second-order valence-electron chi connectivity index (χ2n) is 6.47. The highest BCUT2D eigenvalue weighted by molar-refractivity contribution is 5.79. The Hall–Kier alpha value is -3.49. The summed E-state index contributed by atoms with van der Waals surface area (Å²) in [6, 6.07) is 8.29. The minimum atomic E-state index is -0.441. The third-order valence-corrected chi connectivity index (χ3v) is 4.28. The summed E-state index contributed by atoms with van der Waals surface area (Å²) >= 11 is 0. The first-order chi connectivity index (χ1) is 14.7. The van der Waals surface area contributed by atoms with E-state index in [2.05, 4.69) is 30.8 Å². The minimum Gasteiger partial charge on any atom is -0.453 e. The molecule has 0 fully saturated rings. The summed E-state index contributed by atoms with van der Waals surface area (Å²) in [6.07, 6.45) is 5.73. The minimum absolute atomic E-state index is 0.154. The zero-order chi connectivity index (χ0) is 21.2. The number of aliphatic imine (C=N–C) groups is 1. The van der Waals surface area contributed by atoms with Crippen molar-refractivity contribution < 1.29 is 9.13 Å². The van der Waals surface area contributed by atoms with Gasteiger partial charge in [0.2, 0.25) is 0 Å². The van der Waals surface area contributed by atoms with Crippen LogP contribution in [-0.4, -0.2) is 38.8 Å². The van der Waals surface area contributed by atoms with Crippen LogP contribution in [0.15, 0.2) is 54.0 Å². The number of ether oxygens (including phenoxy) is 1. The lowest BCUT2D eigenvalue weighted by atomic mass is 10.2. The van der Waals surface area contributed by atoms with Crippen LogP contribution in [0, 0.1) is 5.82 Å². The summed E-state index contributed by atoms with van der Waals surface area (Å²) in [5.41, 5.74) is 0.746. The second-order valence-corrected chi connectivity index (χ2v) is 6.47. The van der Waals surface area contributed by atoms with Crippen molar-refractivity contribution in [3.63, 3.8) is 0 Å². The Bertz CT molecular complexity index is 959. The second kappa shape index (κ2) is 10.9. The quantitative estimate of drug-likeness (QED) is 0.416. The van der Waals surface area contributed by atoms with Crippen LogP contribution < -0.4 is 15.4 Å². The smallest absolute Gasteiger partial charge is 0.191 e. The highest BCUT2D eigenvalue weighted by atomic mass is 19.1. The van der Waals surface area contributed by atoms with Gasteiger partial charge >= 0.3 is 0 Å². The summed E-state index contributed by atoms with van der Waals surface area (Å²) < 4.78 is 21.9. The lowest BCUT2D eigenvalue weighted by Crippen LogP contribution is -2.38. The molecule has 8 nitrogen and oxygen atoms in total. The van der Waals surface area contributed by atoms with Crippen molar-refractivity contribution in [1.82, 2.24) is 30.4 Å². The first-order valence-electron chi connectivity index (χ1n) is 9.94. The average molecular weight is 411 g/mol. The first-order valence-corrected chi connectivity index (χ1v) is 9.94. The van der Waals surface area contributed by atoms with E-state index >= 15 is 0 Å². The molecule has 0 radical (unpaired) electrons. The third-order valence-electron chi connectivity index (χ3n) is 4.28. The number of guanidine groups is 1. The molecule has 3 rings (SSSR count). The van der Waals surface area contributed by atoms with Crippen LogP contribution >= 0.6 is 0 Å². The topological polar surface area (TPSA) is 89.3 Å². The highest BCUT2D eigenvalue weighted by Gasteiger charge is 2.07. The molecule has 0 spiro atoms. The van der Waals surface area contributed by atoms with E-state index in [1.807, 2.05) is 18.4 Å². The first kappa shape index (κ1) is 21.2. The van der Waals surface area contributed by atoms with Gasteiger partial charge in [0, 0.05) is 32.3 Å². The fraction of sp³-hybridized carbons (Fsp3) is 0.333. The maximum Gasteiger partial charge on any atom is 0.191 e. The van der Waals surface area contributed by atoms with E-state index in [1.54, 1.807) is 36.8 Å². The van der Waals surface area contributed by atoms with Crippen LogP contribution in [0.5, 0.6) is 11.5 Å². The van der Waals surface area contributed by atoms with Crippen LogP contribution in [0.2, 0.25) is 0 Å². The van der Waals surface area contributed by atoms with E-state index in [0.717, 1.165) is 30.9 Å². The van der Waals surface area contributed by atoms with Gasteiger partial charge in [0.1, 0.15) is 17.9 Å². The fourth-order valence-electron chi connectivity index (χ4n) is 2.81. The van der Waals surface area contributed by atoms with Crippen LogP contribution in [0.25, 0.3) is 0 Å². The molecule has 2 aromatic heterocycles. The number of nitrogens with zero attached hydrogens (tertiary/aromatic N) is 5. The maximum atomic E-state index is 14.4. The lowest BCUT2D eigenvalue weighted by molar-refractivity contribution is 0.440. The van der Waals surface area contributed by atoms with Gasteiger partial charge in [-0.1, -0.05) is 13.0 Å². The summed E-state index contributed by atoms with van der Waals surface area (Å²) in [5.74, 6) is 1.81. The number of halogens is 1. The maximum absolute atomic E-state index is 14.4. The molecule has 1 aromatic carbocycles. The Morgan fingerprint density at radius 3 is 2.87 bits per heavy atom. The molecule has 0 aliphatic heterocycles. The fourth-order valence-corrected chi connectivity index (χ4v) is 2.81. The number of rotatable bonds is 9. The standard InChI is InChI=1S/C21H26FN7O/c1-3-20-28-27-15-29(20)11-10-25-21(24-4-2)26-13-16-7-8-19(18(22)12-16)30-17-6-5-9-23-14-17/h5-9,12,14-15H,3-4,10-11,13H2,1-2H3,(H2,24,25,26). The average Bonchev–Trinajstić information content (AvgIpc) is 3.22. The molecule has 0 unspecified atom stereocenters. The summed E-state index contributed by atoms with van der Waals surface area (Å²) in [4.78, 5) is 8.49. The molecule has 3 aromatic rings. The largest absolute Gasteiger partial charge is 0.453 e. The molecule has 0 saturated carbocycles. The molecular weight excluding hydrogens is 385 g/mol. The summed E-state index contributed by atoms with van der Waals surface area (Å²) in [6.45, 7) is 6.51. The Labute approximate surface area is 175 Å². The Morgan fingerprint density at radius 2 is 2.13 bits per heavy atom. The molecule has 0 saturated heterocycles. The van der Waals surface area contributed by atoms with Gasteiger partial charge in [-0.3, -0.25) is 4.98 Å². The van der Waals surface area contributed by atoms with Gasteiger partial charge in [0.15, 0.2) is 17.5 Å². The molecule has 0 aliphatic rings. The van der Waals surface area contributed by atoms with Gasteiger partial charge in [0.05, 0.1) is 12.7 Å². The van der Waals surface area contributed by atoms with E-state index in [0.29, 0.717) is 24.8 Å². The normalized spacial score (nSPS) is 11.4. The molecule has 0 aliphatic carbocycles. The van der Waals surface area contributed by atoms with Crippen molar-refractivity contribution in [1.29, 1.82) is 0 Å². The predicted octanol–water partition coefficient (Wildman–Crippen LogP) is 2.92. The van der Waals surface area contributed by atoms with Crippen LogP contribution in [0.1, 0.15) is 25.2 Å². The van der Waals surface area contributed by atoms with Crippen molar-refractivity contribution >= 4 is 5.96 Å². The van der Waals surface area contributed by atoms with E-state index in [4.69, 9.17) is 4.74 Å². The van der Waals surface area contributed by atoms with E-state index in [1.165, 1.54) is 12.3 Å². The van der Waals surface area contributed by atoms with Gasteiger partial charge in [-0.2, -0.15) is 0 Å². The van der Waals surface area contributed by atoms with Gasteiger partial charge in [-0.05, 0) is 36.8 Å². The van der Waals surface area contributed by atoms with Crippen molar-refractivity contribution in [2.75, 3.05) is 13.1 Å². The van der Waals surface area contributed by atoms with Crippen molar-refractivity contribution in [2.45, 2.75) is 33.4 Å². The number of hydrogen-bond acceptors (Lipinski definition) is 5. The third kappa shape index (κ3) is 6.00. The van der Waals surface area contributed by atoms with Crippen molar-refractivity contribution in [2.24, 2.45) is 4.99 Å². The zero-order valence-corrected chi connectivity index (χ0v) is 17.2.